The second-order valence-corrected chi connectivity index (χ2v) is 19.9. The minimum Gasteiger partial charge on any atom is -0.394 e. The van der Waals surface area contributed by atoms with Crippen molar-refractivity contribution in [2.24, 2.45) is 56.3 Å². The van der Waals surface area contributed by atoms with Gasteiger partial charge < -0.3 is 92.7 Å². The molecule has 0 aromatic heterocycles. The molecule has 466 valence electrons. The maximum absolute atomic E-state index is 14.1. The smallest absolute Gasteiger partial charge is 0.245 e. The second kappa shape index (κ2) is 41.6. The van der Waals surface area contributed by atoms with Crippen LogP contribution in [0.15, 0.2) is 10.1 Å². The molecule has 33 heteroatoms. The van der Waals surface area contributed by atoms with E-state index in [1.54, 1.807) is 27.7 Å². The molecule has 23 N–H and O–H groups in total. The number of unbranched alkanes of at least 4 members (excludes halogenated alkanes) is 2. The van der Waals surface area contributed by atoms with Crippen molar-refractivity contribution in [1.29, 1.82) is 0 Å². The van der Waals surface area contributed by atoms with E-state index in [0.29, 0.717) is 32.2 Å². The highest BCUT2D eigenvalue weighted by atomic mass is 16.3. The van der Waals surface area contributed by atoms with Gasteiger partial charge in [0.15, 0.2) is 5.96 Å². The van der Waals surface area contributed by atoms with E-state index >= 15 is 0 Å². The van der Waals surface area contributed by atoms with Gasteiger partial charge in [-0.15, -0.1) is 12.3 Å². The molecule has 12 amide bonds. The number of azide groups is 1. The van der Waals surface area contributed by atoms with E-state index in [2.05, 4.69) is 74.1 Å². The SMILES string of the molecule is C#CC[C@H](NC(=O)[C@H](CCC(N)=O)NC(=O)[C@@H](NC(=O)[C@H](CO)NC(=O)[C@H](CN=[N+]=[N-])NC(=O)CNC(=O)[C@H](CCCCN)NC(=O)[C@H](CCCCN)NC(C)=O)[C@@H](C)CC)C(=O)N[C@@H](CC(C)C)C(=O)N[C@@H](CCCN=C(N)N)C(N)=O. The van der Waals surface area contributed by atoms with Gasteiger partial charge in [0.25, 0.3) is 0 Å². The monoisotopic (exact) mass is 1180 g/mol. The van der Waals surface area contributed by atoms with Crippen LogP contribution in [-0.4, -0.2) is 176 Å². The summed E-state index contributed by atoms with van der Waals surface area (Å²) in [6.07, 6.45) is 7.04. The number of carbonyl (C=O) groups excluding carboxylic acids is 12. The number of hydrogen-bond donors (Lipinski definition) is 17. The Balaban J connectivity index is 6.41. The summed E-state index contributed by atoms with van der Waals surface area (Å²) in [6.45, 7) is 6.09. The number of nitrogens with one attached hydrogen (secondary N) is 10. The molecule has 0 aliphatic rings. The maximum atomic E-state index is 14.1. The molecular weight excluding hydrogens is 1090 g/mol. The van der Waals surface area contributed by atoms with Crippen molar-refractivity contribution in [1.82, 2.24) is 53.2 Å². The molecule has 0 rings (SSSR count). The standard InChI is InChI=1S/C50H88N20O13/c1-7-14-31(43(77)67-35(23-27(3)4)46(80)63-30(41(54)75)17-13-22-58-50(55)56)64-45(79)34(18-19-38(53)73)66-49(83)40(28(5)8-2)69-48(82)37(26-71)68-47(81)36(24-60-70-57)62-39(74)25-59-42(76)32(15-9-11-20-51)65-44(78)33(61-29(6)72)16-10-12-21-52/h1,27-28,30-37,40,71H,8-26,51-52H2,2-6H3,(H2,53,73)(H2,54,75)(H,59,76)(H,61,72)(H,62,74)(H,63,80)(H,64,79)(H,65,78)(H,66,83)(H,67,77)(H,68,81)(H,69,82)(H4,55,56,58)/t28-,30-,31-,32-,33-,34-,35-,36-,37-,40-/m0/s1. The van der Waals surface area contributed by atoms with Crippen molar-refractivity contribution in [2.75, 3.05) is 39.3 Å². The number of aliphatic hydroxyl groups excluding tert-OH is 1. The number of hydrogen-bond acceptors (Lipinski definition) is 17. The predicted octanol–water partition coefficient (Wildman–Crippen LogP) is -6.03. The molecule has 0 aliphatic carbocycles. The largest absolute Gasteiger partial charge is 0.394 e. The van der Waals surface area contributed by atoms with Gasteiger partial charge in [0.05, 0.1) is 19.7 Å². The van der Waals surface area contributed by atoms with Crippen LogP contribution < -0.4 is 87.6 Å². The summed E-state index contributed by atoms with van der Waals surface area (Å²) in [4.78, 5) is 165. The Bertz CT molecular complexity index is 2310. The van der Waals surface area contributed by atoms with Crippen LogP contribution in [0.1, 0.15) is 118 Å². The zero-order chi connectivity index (χ0) is 63.2. The lowest BCUT2D eigenvalue weighted by Crippen LogP contribution is -2.61. The number of aliphatic hydroxyl groups is 1. The Morgan fingerprint density at radius 1 is 0.590 bits per heavy atom. The summed E-state index contributed by atoms with van der Waals surface area (Å²) in [5, 5.41) is 38.0. The fourth-order valence-electron chi connectivity index (χ4n) is 7.76. The zero-order valence-electron chi connectivity index (χ0n) is 48.0. The van der Waals surface area contributed by atoms with Gasteiger partial charge in [-0.1, -0.05) is 39.2 Å². The molecule has 0 aromatic carbocycles. The highest BCUT2D eigenvalue weighted by Gasteiger charge is 2.36. The van der Waals surface area contributed by atoms with Gasteiger partial charge in [-0.25, -0.2) is 0 Å². The van der Waals surface area contributed by atoms with E-state index in [0.717, 1.165) is 0 Å². The number of guanidine groups is 1. The Labute approximate surface area is 482 Å². The molecule has 0 heterocycles. The maximum Gasteiger partial charge on any atom is 0.245 e. The Kier molecular flexibility index (Phi) is 37.4. The molecule has 0 fully saturated rings. The first-order valence-electron chi connectivity index (χ1n) is 27.2. The van der Waals surface area contributed by atoms with Crippen LogP contribution in [-0.2, 0) is 57.5 Å². The summed E-state index contributed by atoms with van der Waals surface area (Å²) in [7, 11) is 0. The Morgan fingerprint density at radius 3 is 1.58 bits per heavy atom. The number of rotatable bonds is 43. The van der Waals surface area contributed by atoms with E-state index in [4.69, 9.17) is 46.4 Å². The summed E-state index contributed by atoms with van der Waals surface area (Å²) in [5.41, 5.74) is 41.9. The number of aliphatic imine (C=N–C) groups is 1. The average Bonchev–Trinajstić information content (AvgIpc) is 3.49. The molecular formula is C50H88N20O13. The minimum atomic E-state index is -1.84. The zero-order valence-corrected chi connectivity index (χ0v) is 48.0. The lowest BCUT2D eigenvalue weighted by atomic mass is 9.97. The minimum absolute atomic E-state index is 0.0477. The van der Waals surface area contributed by atoms with Gasteiger partial charge >= 0.3 is 0 Å². The number of nitrogens with two attached hydrogens (primary N) is 6. The summed E-state index contributed by atoms with van der Waals surface area (Å²) < 4.78 is 0. The molecule has 0 unspecified atom stereocenters. The number of primary amides is 2. The first-order chi connectivity index (χ1) is 39.2. The van der Waals surface area contributed by atoms with E-state index in [-0.39, 0.29) is 63.5 Å². The molecule has 33 nitrogen and oxygen atoms in total. The van der Waals surface area contributed by atoms with Crippen molar-refractivity contribution in [3.63, 3.8) is 0 Å². The van der Waals surface area contributed by atoms with Gasteiger partial charge in [0, 0.05) is 31.2 Å². The van der Waals surface area contributed by atoms with E-state index < -0.39 is 170 Å². The van der Waals surface area contributed by atoms with Crippen molar-refractivity contribution in [2.45, 2.75) is 172 Å². The average molecular weight is 1180 g/mol. The second-order valence-electron chi connectivity index (χ2n) is 19.9. The summed E-state index contributed by atoms with van der Waals surface area (Å²) in [6, 6.07) is -12.9. The van der Waals surface area contributed by atoms with Crippen LogP contribution in [0.25, 0.3) is 10.4 Å². The molecule has 0 saturated carbocycles. The van der Waals surface area contributed by atoms with Crippen LogP contribution in [0.3, 0.4) is 0 Å². The number of terminal acetylenes is 1. The molecule has 83 heavy (non-hydrogen) atoms. The van der Waals surface area contributed by atoms with Crippen LogP contribution in [0.5, 0.6) is 0 Å². The molecule has 10 atom stereocenters. The quantitative estimate of drug-likeness (QED) is 0.00514. The fourth-order valence-corrected chi connectivity index (χ4v) is 7.76. The van der Waals surface area contributed by atoms with Crippen LogP contribution >= 0.6 is 0 Å². The normalized spacial score (nSPS) is 14.4. The molecule has 0 bridgehead atoms. The van der Waals surface area contributed by atoms with E-state index in [1.165, 1.54) is 6.92 Å². The van der Waals surface area contributed by atoms with Crippen molar-refractivity contribution in [3.8, 4) is 12.3 Å². The number of nitrogens with zero attached hydrogens (tertiary/aromatic N) is 4. The van der Waals surface area contributed by atoms with Crippen molar-refractivity contribution < 1.29 is 62.6 Å². The Hall–Kier alpha value is -8.34. The van der Waals surface area contributed by atoms with Crippen molar-refractivity contribution in [3.05, 3.63) is 10.4 Å². The highest BCUT2D eigenvalue weighted by Crippen LogP contribution is 2.13. The van der Waals surface area contributed by atoms with E-state index in [9.17, 15) is 62.6 Å². The molecule has 0 radical (unpaired) electrons. The fraction of sp³-hybridized carbons (Fsp3) is 0.700. The van der Waals surface area contributed by atoms with Crippen LogP contribution in [0.2, 0.25) is 0 Å². The van der Waals surface area contributed by atoms with Crippen LogP contribution in [0, 0.1) is 24.2 Å². The first kappa shape index (κ1) is 74.7. The van der Waals surface area contributed by atoms with Gasteiger partial charge in [0.1, 0.15) is 54.4 Å². The third kappa shape index (κ3) is 31.5. The van der Waals surface area contributed by atoms with Gasteiger partial charge in [-0.05, 0) is 94.7 Å². The van der Waals surface area contributed by atoms with Gasteiger partial charge in [-0.2, -0.15) is 0 Å². The topological polar surface area (TPSA) is 563 Å². The lowest BCUT2D eigenvalue weighted by Gasteiger charge is -2.29. The van der Waals surface area contributed by atoms with Gasteiger partial charge in [0.2, 0.25) is 70.9 Å². The third-order valence-electron chi connectivity index (χ3n) is 12.4. The lowest BCUT2D eigenvalue weighted by molar-refractivity contribution is -0.136. The summed E-state index contributed by atoms with van der Waals surface area (Å²) >= 11 is 0. The number of amides is 12. The highest BCUT2D eigenvalue weighted by molar-refractivity contribution is 5.99. The predicted molar refractivity (Wildman–Crippen MR) is 303 cm³/mol. The molecule has 0 aromatic rings. The third-order valence-corrected chi connectivity index (χ3v) is 12.4. The van der Waals surface area contributed by atoms with E-state index in [1.807, 2.05) is 0 Å². The van der Waals surface area contributed by atoms with Crippen molar-refractivity contribution >= 4 is 76.8 Å². The molecule has 0 spiro atoms. The molecule has 0 saturated heterocycles. The summed E-state index contributed by atoms with van der Waals surface area (Å²) in [5.74, 6) is -9.67. The Morgan fingerprint density at radius 2 is 1.07 bits per heavy atom. The first-order valence-corrected chi connectivity index (χ1v) is 27.2. The van der Waals surface area contributed by atoms with Crippen LogP contribution in [0.4, 0.5) is 0 Å². The molecule has 0 aliphatic heterocycles. The van der Waals surface area contributed by atoms with Gasteiger partial charge in [-0.3, -0.25) is 62.5 Å². The number of carbonyl (C=O) groups is 12.